The quantitative estimate of drug-likeness (QED) is 0.620. The van der Waals surface area contributed by atoms with Gasteiger partial charge in [-0.05, 0) is 18.2 Å². The predicted octanol–water partition coefficient (Wildman–Crippen LogP) is 2.23. The van der Waals surface area contributed by atoms with Crippen molar-refractivity contribution in [2.75, 3.05) is 20.3 Å². The number of ether oxygens (including phenoxy) is 2. The molecule has 1 aromatic heterocycles. The van der Waals surface area contributed by atoms with Crippen molar-refractivity contribution in [2.24, 2.45) is 0 Å². The molecule has 0 amide bonds. The van der Waals surface area contributed by atoms with Crippen LogP contribution in [0.4, 0.5) is 0 Å². The van der Waals surface area contributed by atoms with Crippen LogP contribution in [-0.2, 0) is 11.3 Å². The van der Waals surface area contributed by atoms with Crippen LogP contribution in [0.15, 0.2) is 47.1 Å². The van der Waals surface area contributed by atoms with Gasteiger partial charge in [-0.25, -0.2) is 4.79 Å². The Kier molecular flexibility index (Phi) is 5.20. The molecular weight excluding hydrogens is 258 g/mol. The average Bonchev–Trinajstić information content (AvgIpc) is 2.95. The van der Waals surface area contributed by atoms with Crippen LogP contribution >= 0.6 is 0 Å². The zero-order valence-electron chi connectivity index (χ0n) is 11.3. The van der Waals surface area contributed by atoms with Crippen molar-refractivity contribution in [1.82, 2.24) is 5.32 Å². The number of hydrogen-bond acceptors (Lipinski definition) is 5. The van der Waals surface area contributed by atoms with Gasteiger partial charge in [0.25, 0.3) is 0 Å². The lowest BCUT2D eigenvalue weighted by Gasteiger charge is -2.07. The minimum Gasteiger partial charge on any atom is -0.492 e. The molecule has 106 valence electrons. The molecule has 0 aliphatic heterocycles. The Balaban J connectivity index is 1.71. The second kappa shape index (κ2) is 7.35. The van der Waals surface area contributed by atoms with Crippen LogP contribution in [0.5, 0.6) is 5.75 Å². The molecule has 0 saturated carbocycles. The van der Waals surface area contributed by atoms with Crippen molar-refractivity contribution in [3.63, 3.8) is 0 Å². The first-order chi connectivity index (χ1) is 9.81. The van der Waals surface area contributed by atoms with Gasteiger partial charge in [0.15, 0.2) is 0 Å². The summed E-state index contributed by atoms with van der Waals surface area (Å²) in [6.07, 6.45) is 1.48. The molecule has 0 unspecified atom stereocenters. The molecule has 0 bridgehead atoms. The van der Waals surface area contributed by atoms with Gasteiger partial charge in [-0.15, -0.1) is 0 Å². The lowest BCUT2D eigenvalue weighted by atomic mass is 10.2. The molecule has 0 saturated heterocycles. The fourth-order valence-electron chi connectivity index (χ4n) is 1.73. The smallest absolute Gasteiger partial charge is 0.374 e. The standard InChI is InChI=1S/C15H17NO4/c1-18-15(17)14-12(7-9-20-14)11-16-8-10-19-13-5-3-2-4-6-13/h2-7,9,16H,8,10-11H2,1H3. The molecule has 0 radical (unpaired) electrons. The number of nitrogens with one attached hydrogen (secondary N) is 1. The number of hydrogen-bond donors (Lipinski definition) is 1. The fourth-order valence-corrected chi connectivity index (χ4v) is 1.73. The van der Waals surface area contributed by atoms with E-state index in [0.29, 0.717) is 19.7 Å². The average molecular weight is 275 g/mol. The lowest BCUT2D eigenvalue weighted by molar-refractivity contribution is 0.0563. The number of furan rings is 1. The third-order valence-electron chi connectivity index (χ3n) is 2.72. The van der Waals surface area contributed by atoms with Gasteiger partial charge < -0.3 is 19.2 Å². The zero-order chi connectivity index (χ0) is 14.2. The third kappa shape index (κ3) is 3.86. The van der Waals surface area contributed by atoms with Gasteiger partial charge in [-0.1, -0.05) is 18.2 Å². The number of esters is 1. The van der Waals surface area contributed by atoms with E-state index in [0.717, 1.165) is 11.3 Å². The van der Waals surface area contributed by atoms with E-state index < -0.39 is 5.97 Å². The molecule has 5 nitrogen and oxygen atoms in total. The van der Waals surface area contributed by atoms with Gasteiger partial charge in [0.1, 0.15) is 12.4 Å². The summed E-state index contributed by atoms with van der Waals surface area (Å²) in [5, 5.41) is 3.18. The molecular formula is C15H17NO4. The molecule has 2 rings (SSSR count). The number of para-hydroxylation sites is 1. The highest BCUT2D eigenvalue weighted by molar-refractivity contribution is 5.87. The van der Waals surface area contributed by atoms with Crippen LogP contribution in [0, 0.1) is 0 Å². The van der Waals surface area contributed by atoms with Crippen LogP contribution in [0.3, 0.4) is 0 Å². The Morgan fingerprint density at radius 3 is 2.80 bits per heavy atom. The summed E-state index contributed by atoms with van der Waals surface area (Å²) in [5.41, 5.74) is 0.775. The Morgan fingerprint density at radius 1 is 1.25 bits per heavy atom. The van der Waals surface area contributed by atoms with Crippen molar-refractivity contribution in [2.45, 2.75) is 6.54 Å². The van der Waals surface area contributed by atoms with Gasteiger partial charge in [0.2, 0.25) is 5.76 Å². The maximum absolute atomic E-state index is 11.4. The number of benzene rings is 1. The first-order valence-corrected chi connectivity index (χ1v) is 6.34. The van der Waals surface area contributed by atoms with Crippen LogP contribution in [0.1, 0.15) is 16.1 Å². The Morgan fingerprint density at radius 2 is 2.05 bits per heavy atom. The highest BCUT2D eigenvalue weighted by Crippen LogP contribution is 2.11. The molecule has 5 heteroatoms. The number of methoxy groups -OCH3 is 1. The highest BCUT2D eigenvalue weighted by Gasteiger charge is 2.14. The Labute approximate surface area is 117 Å². The van der Waals surface area contributed by atoms with Crippen LogP contribution < -0.4 is 10.1 Å². The number of carbonyl (C=O) groups is 1. The van der Waals surface area contributed by atoms with E-state index in [4.69, 9.17) is 9.15 Å². The molecule has 0 atom stereocenters. The first-order valence-electron chi connectivity index (χ1n) is 6.34. The highest BCUT2D eigenvalue weighted by atomic mass is 16.5. The summed E-state index contributed by atoms with van der Waals surface area (Å²) in [6.45, 7) is 1.75. The van der Waals surface area contributed by atoms with E-state index in [9.17, 15) is 4.79 Å². The molecule has 20 heavy (non-hydrogen) atoms. The molecule has 0 aliphatic rings. The molecule has 1 heterocycles. The largest absolute Gasteiger partial charge is 0.492 e. The van der Waals surface area contributed by atoms with Crippen LogP contribution in [0.25, 0.3) is 0 Å². The van der Waals surface area contributed by atoms with Crippen molar-refractivity contribution < 1.29 is 18.7 Å². The fraction of sp³-hybridized carbons (Fsp3) is 0.267. The van der Waals surface area contributed by atoms with E-state index in [-0.39, 0.29) is 5.76 Å². The van der Waals surface area contributed by atoms with Gasteiger partial charge in [0, 0.05) is 18.7 Å². The van der Waals surface area contributed by atoms with Gasteiger partial charge in [-0.3, -0.25) is 0 Å². The number of rotatable bonds is 7. The maximum Gasteiger partial charge on any atom is 0.374 e. The second-order valence-corrected chi connectivity index (χ2v) is 4.10. The summed E-state index contributed by atoms with van der Waals surface area (Å²) >= 11 is 0. The number of carbonyl (C=O) groups excluding carboxylic acids is 1. The Hall–Kier alpha value is -2.27. The van der Waals surface area contributed by atoms with Crippen molar-refractivity contribution in [1.29, 1.82) is 0 Å². The minimum absolute atomic E-state index is 0.240. The first kappa shape index (κ1) is 14.1. The van der Waals surface area contributed by atoms with Crippen LogP contribution in [-0.4, -0.2) is 26.2 Å². The maximum atomic E-state index is 11.4. The summed E-state index contributed by atoms with van der Waals surface area (Å²) in [6, 6.07) is 11.4. The van der Waals surface area contributed by atoms with E-state index in [1.54, 1.807) is 6.07 Å². The van der Waals surface area contributed by atoms with Gasteiger partial charge in [-0.2, -0.15) is 0 Å². The van der Waals surface area contributed by atoms with Crippen molar-refractivity contribution in [3.8, 4) is 5.75 Å². The van der Waals surface area contributed by atoms with Gasteiger partial charge >= 0.3 is 5.97 Å². The summed E-state index contributed by atoms with van der Waals surface area (Å²) in [4.78, 5) is 11.4. The summed E-state index contributed by atoms with van der Waals surface area (Å²) in [5.74, 6) is 0.615. The van der Waals surface area contributed by atoms with E-state index >= 15 is 0 Å². The Bertz CT molecular complexity index is 536. The molecule has 0 spiro atoms. The zero-order valence-corrected chi connectivity index (χ0v) is 11.3. The third-order valence-corrected chi connectivity index (χ3v) is 2.72. The molecule has 1 N–H and O–H groups in total. The second-order valence-electron chi connectivity index (χ2n) is 4.10. The summed E-state index contributed by atoms with van der Waals surface area (Å²) in [7, 11) is 1.33. The van der Waals surface area contributed by atoms with Gasteiger partial charge in [0.05, 0.1) is 13.4 Å². The predicted molar refractivity (Wildman–Crippen MR) is 73.7 cm³/mol. The van der Waals surface area contributed by atoms with Crippen LogP contribution in [0.2, 0.25) is 0 Å². The lowest BCUT2D eigenvalue weighted by Crippen LogP contribution is -2.21. The van der Waals surface area contributed by atoms with E-state index in [1.165, 1.54) is 13.4 Å². The topological polar surface area (TPSA) is 60.7 Å². The molecule has 1 aromatic carbocycles. The molecule has 0 aliphatic carbocycles. The normalized spacial score (nSPS) is 10.2. The van der Waals surface area contributed by atoms with E-state index in [2.05, 4.69) is 10.1 Å². The SMILES string of the molecule is COC(=O)c1occc1CNCCOc1ccccc1. The molecule has 0 fully saturated rings. The molecule has 2 aromatic rings. The van der Waals surface area contributed by atoms with E-state index in [1.807, 2.05) is 30.3 Å². The summed E-state index contributed by atoms with van der Waals surface area (Å²) < 4.78 is 15.3. The monoisotopic (exact) mass is 275 g/mol. The minimum atomic E-state index is -0.465. The van der Waals surface area contributed by atoms with Crippen molar-refractivity contribution >= 4 is 5.97 Å². The van der Waals surface area contributed by atoms with Crippen molar-refractivity contribution in [3.05, 3.63) is 54.0 Å².